The number of aryl methyl sites for hydroxylation is 1. The molecule has 3 aliphatic carbocycles. The van der Waals surface area contributed by atoms with E-state index in [1.165, 1.54) is 6.07 Å². The molecule has 1 aromatic rings. The molecule has 1 amide bonds. The first-order valence-electron chi connectivity index (χ1n) is 10.6. The Kier molecular flexibility index (Phi) is 5.18. The molecule has 7 N–H and O–H groups in total. The molecule has 1 aromatic carbocycles. The monoisotopic (exact) mass is 441 g/mol. The van der Waals surface area contributed by atoms with E-state index in [1.807, 2.05) is 0 Å². The Bertz CT molecular complexity index is 1110. The molecule has 0 fully saturated rings. The minimum absolute atomic E-state index is 0.0380. The fourth-order valence-corrected chi connectivity index (χ4v) is 5.46. The van der Waals surface area contributed by atoms with E-state index in [2.05, 4.69) is 6.58 Å². The van der Waals surface area contributed by atoms with Crippen molar-refractivity contribution in [2.24, 2.45) is 17.6 Å². The molecule has 4 rings (SSSR count). The third-order valence-electron chi connectivity index (χ3n) is 7.03. The highest BCUT2D eigenvalue weighted by molar-refractivity contribution is 6.23. The van der Waals surface area contributed by atoms with Crippen molar-refractivity contribution in [3.05, 3.63) is 58.1 Å². The summed E-state index contributed by atoms with van der Waals surface area (Å²) in [6.07, 6.45) is 1.13. The molecule has 0 aromatic heterocycles. The average Bonchev–Trinajstić information content (AvgIpc) is 2.69. The van der Waals surface area contributed by atoms with Gasteiger partial charge in [0.2, 0.25) is 5.78 Å². The van der Waals surface area contributed by atoms with E-state index in [-0.39, 0.29) is 30.1 Å². The van der Waals surface area contributed by atoms with Gasteiger partial charge in [-0.2, -0.15) is 0 Å². The highest BCUT2D eigenvalue weighted by Crippen LogP contribution is 2.54. The van der Waals surface area contributed by atoms with E-state index in [0.29, 0.717) is 30.4 Å². The van der Waals surface area contributed by atoms with Gasteiger partial charge in [-0.1, -0.05) is 12.6 Å². The maximum atomic E-state index is 13.0. The minimum Gasteiger partial charge on any atom is -0.511 e. The zero-order valence-corrected chi connectivity index (χ0v) is 17.8. The van der Waals surface area contributed by atoms with Gasteiger partial charge in [0.15, 0.2) is 5.60 Å². The van der Waals surface area contributed by atoms with Gasteiger partial charge in [0.05, 0.1) is 6.10 Å². The van der Waals surface area contributed by atoms with E-state index in [1.54, 1.807) is 13.0 Å². The summed E-state index contributed by atoms with van der Waals surface area (Å²) < 4.78 is 0. The first-order chi connectivity index (χ1) is 15.0. The number of aromatic hydroxyl groups is 1. The zero-order chi connectivity index (χ0) is 23.5. The van der Waals surface area contributed by atoms with Crippen LogP contribution in [0.3, 0.4) is 0 Å². The maximum absolute atomic E-state index is 13.0. The summed E-state index contributed by atoms with van der Waals surface area (Å²) in [6.45, 7) is 5.75. The van der Waals surface area contributed by atoms with Crippen molar-refractivity contribution >= 4 is 17.3 Å². The number of phenols is 1. The molecule has 8 heteroatoms. The number of benzene rings is 1. The van der Waals surface area contributed by atoms with Gasteiger partial charge in [-0.15, -0.1) is 0 Å². The van der Waals surface area contributed by atoms with Crippen LogP contribution in [-0.2, 0) is 22.4 Å². The lowest BCUT2D eigenvalue weighted by molar-refractivity contribution is -0.144. The number of carbonyl (C=O) groups excluding carboxylic acids is 2. The summed E-state index contributed by atoms with van der Waals surface area (Å²) in [6, 6.07) is 3.33. The van der Waals surface area contributed by atoms with Gasteiger partial charge >= 0.3 is 0 Å². The Morgan fingerprint density at radius 1 is 1.28 bits per heavy atom. The van der Waals surface area contributed by atoms with Crippen LogP contribution in [-0.4, -0.2) is 48.9 Å². The Balaban J connectivity index is 1.84. The van der Waals surface area contributed by atoms with Crippen LogP contribution >= 0.6 is 0 Å². The standard InChI is InChI=1S/C24H27NO7/c1-10(26)3-4-12-5-6-16(27)19-11(2)18-13(8-15(12)19)7-14-9-17(28)20(23(25)31)22(30)24(14,32)21(18)29/h5-6,10,13-14,26-29,32H,2-4,7-9H2,1H3,(H2,25,31)/t10?,13-,14+,24+/m1/s1. The number of phenolic OH excluding ortho intramolecular Hbond substituents is 1. The van der Waals surface area contributed by atoms with Crippen molar-refractivity contribution in [1.82, 2.24) is 0 Å². The number of primary amides is 1. The van der Waals surface area contributed by atoms with Gasteiger partial charge in [0.1, 0.15) is 22.8 Å². The minimum atomic E-state index is -2.40. The molecule has 0 spiro atoms. The molecule has 8 nitrogen and oxygen atoms in total. The van der Waals surface area contributed by atoms with E-state index in [4.69, 9.17) is 5.73 Å². The fraction of sp³-hybridized carbons (Fsp3) is 0.417. The maximum Gasteiger partial charge on any atom is 0.255 e. The lowest BCUT2D eigenvalue weighted by Gasteiger charge is -2.46. The molecule has 0 aliphatic heterocycles. The molecule has 3 aliphatic rings. The van der Waals surface area contributed by atoms with Crippen LogP contribution in [0.4, 0.5) is 0 Å². The van der Waals surface area contributed by atoms with Crippen LogP contribution in [0.2, 0.25) is 0 Å². The van der Waals surface area contributed by atoms with Crippen LogP contribution < -0.4 is 5.73 Å². The predicted octanol–water partition coefficient (Wildman–Crippen LogP) is 1.72. The van der Waals surface area contributed by atoms with E-state index in [0.717, 1.165) is 11.1 Å². The number of fused-ring (bicyclic) bond motifs is 3. The molecule has 0 heterocycles. The number of ketones is 1. The number of rotatable bonds is 4. The second-order valence-corrected chi connectivity index (χ2v) is 9.05. The number of nitrogens with two attached hydrogens (primary N) is 1. The van der Waals surface area contributed by atoms with Crippen LogP contribution in [0.1, 0.15) is 42.9 Å². The molecule has 0 saturated carbocycles. The van der Waals surface area contributed by atoms with Crippen molar-refractivity contribution in [2.45, 2.75) is 50.7 Å². The summed E-state index contributed by atoms with van der Waals surface area (Å²) in [5.41, 5.74) is 4.90. The number of carbonyl (C=O) groups is 2. The molecule has 32 heavy (non-hydrogen) atoms. The summed E-state index contributed by atoms with van der Waals surface area (Å²) >= 11 is 0. The van der Waals surface area contributed by atoms with Crippen LogP contribution in [0.15, 0.2) is 41.4 Å². The SMILES string of the molecule is C=C1C2=C(O)[C@]3(O)C(=O)C(C(N)=O)=C(O)C[C@@H]3C[C@@H]2Cc2c(CCC(C)O)ccc(O)c21. The van der Waals surface area contributed by atoms with Crippen molar-refractivity contribution in [3.63, 3.8) is 0 Å². The average molecular weight is 441 g/mol. The molecular formula is C24H27NO7. The summed E-state index contributed by atoms with van der Waals surface area (Å²) in [5, 5.41) is 52.9. The first-order valence-corrected chi connectivity index (χ1v) is 10.6. The smallest absolute Gasteiger partial charge is 0.255 e. The van der Waals surface area contributed by atoms with Crippen molar-refractivity contribution in [3.8, 4) is 5.75 Å². The lowest BCUT2D eigenvalue weighted by atomic mass is 9.59. The van der Waals surface area contributed by atoms with Crippen LogP contribution in [0, 0.1) is 11.8 Å². The third kappa shape index (κ3) is 3.05. The Hall–Kier alpha value is -3.10. The third-order valence-corrected chi connectivity index (χ3v) is 7.03. The van der Waals surface area contributed by atoms with E-state index >= 15 is 0 Å². The highest BCUT2D eigenvalue weighted by Gasteiger charge is 2.58. The molecule has 1 unspecified atom stereocenters. The number of aliphatic hydroxyl groups is 4. The lowest BCUT2D eigenvalue weighted by Crippen LogP contribution is -2.56. The van der Waals surface area contributed by atoms with Crippen molar-refractivity contribution < 1.29 is 35.1 Å². The van der Waals surface area contributed by atoms with Gasteiger partial charge in [0, 0.05) is 23.5 Å². The number of Topliss-reactive ketones (excluding diaryl/α,β-unsaturated/α-hetero) is 1. The van der Waals surface area contributed by atoms with Crippen molar-refractivity contribution in [2.75, 3.05) is 0 Å². The molecule has 170 valence electrons. The fourth-order valence-electron chi connectivity index (χ4n) is 5.46. The van der Waals surface area contributed by atoms with Crippen LogP contribution in [0.5, 0.6) is 5.75 Å². The summed E-state index contributed by atoms with van der Waals surface area (Å²) in [7, 11) is 0. The van der Waals surface area contributed by atoms with E-state index in [9.17, 15) is 35.1 Å². The summed E-state index contributed by atoms with van der Waals surface area (Å²) in [5.74, 6) is -4.60. The second-order valence-electron chi connectivity index (χ2n) is 9.05. The Labute approximate surface area is 185 Å². The van der Waals surface area contributed by atoms with Gasteiger partial charge in [-0.25, -0.2) is 0 Å². The number of aliphatic hydroxyl groups excluding tert-OH is 3. The summed E-state index contributed by atoms with van der Waals surface area (Å²) in [4.78, 5) is 24.7. The highest BCUT2D eigenvalue weighted by atomic mass is 16.3. The van der Waals surface area contributed by atoms with Crippen LogP contribution in [0.25, 0.3) is 5.57 Å². The number of allylic oxidation sites excluding steroid dienone is 3. The number of hydrogen-bond donors (Lipinski definition) is 6. The second kappa shape index (κ2) is 7.50. The quantitative estimate of drug-likeness (QED) is 0.388. The molecule has 4 atom stereocenters. The molecular weight excluding hydrogens is 414 g/mol. The largest absolute Gasteiger partial charge is 0.511 e. The molecule has 0 radical (unpaired) electrons. The van der Waals surface area contributed by atoms with Gasteiger partial charge in [-0.05, 0) is 61.3 Å². The molecule has 0 bridgehead atoms. The van der Waals surface area contributed by atoms with Gasteiger partial charge < -0.3 is 31.3 Å². The van der Waals surface area contributed by atoms with E-state index < -0.39 is 46.4 Å². The first kappa shape index (κ1) is 22.1. The number of hydrogen-bond acceptors (Lipinski definition) is 7. The normalized spacial score (nSPS) is 28.2. The Morgan fingerprint density at radius 2 is 1.97 bits per heavy atom. The molecule has 0 saturated heterocycles. The Morgan fingerprint density at radius 3 is 2.59 bits per heavy atom. The number of amides is 1. The van der Waals surface area contributed by atoms with Gasteiger partial charge in [0.25, 0.3) is 5.91 Å². The topological polar surface area (TPSA) is 161 Å². The van der Waals surface area contributed by atoms with Crippen molar-refractivity contribution in [1.29, 1.82) is 0 Å². The van der Waals surface area contributed by atoms with Gasteiger partial charge in [-0.3, -0.25) is 9.59 Å². The zero-order valence-electron chi connectivity index (χ0n) is 17.8. The predicted molar refractivity (Wildman–Crippen MR) is 116 cm³/mol.